The number of Topliss-reactive ketones (excluding diaryl/α,β-unsaturated/α-hetero) is 1. The summed E-state index contributed by atoms with van der Waals surface area (Å²) in [5.41, 5.74) is 2.01. The van der Waals surface area contributed by atoms with Gasteiger partial charge in [-0.25, -0.2) is 4.79 Å². The summed E-state index contributed by atoms with van der Waals surface area (Å²) in [7, 11) is 0. The van der Waals surface area contributed by atoms with Gasteiger partial charge < -0.3 is 10.4 Å². The molecule has 0 radical (unpaired) electrons. The Morgan fingerprint density at radius 1 is 1.28 bits per heavy atom. The summed E-state index contributed by atoms with van der Waals surface area (Å²) < 4.78 is 0. The van der Waals surface area contributed by atoms with Gasteiger partial charge in [0.1, 0.15) is 5.78 Å². The third-order valence-corrected chi connectivity index (χ3v) is 2.36. The molecule has 1 aromatic rings. The molecular formula is C14H17NO3. The Morgan fingerprint density at radius 2 is 1.94 bits per heavy atom. The average Bonchev–Trinajstić information content (AvgIpc) is 2.33. The summed E-state index contributed by atoms with van der Waals surface area (Å²) in [6.45, 7) is 2.71. The van der Waals surface area contributed by atoms with Crippen molar-refractivity contribution in [2.24, 2.45) is 0 Å². The zero-order valence-electron chi connectivity index (χ0n) is 10.3. The Labute approximate surface area is 106 Å². The summed E-state index contributed by atoms with van der Waals surface area (Å²) >= 11 is 0. The van der Waals surface area contributed by atoms with Gasteiger partial charge >= 0.3 is 5.97 Å². The van der Waals surface area contributed by atoms with Crippen molar-refractivity contribution in [2.45, 2.75) is 13.3 Å². The van der Waals surface area contributed by atoms with Crippen molar-refractivity contribution in [2.75, 3.05) is 13.1 Å². The Kier molecular flexibility index (Phi) is 5.80. The van der Waals surface area contributed by atoms with Crippen LogP contribution < -0.4 is 5.32 Å². The van der Waals surface area contributed by atoms with Crippen LogP contribution >= 0.6 is 0 Å². The van der Waals surface area contributed by atoms with Crippen LogP contribution in [0.15, 0.2) is 30.3 Å². The van der Waals surface area contributed by atoms with Gasteiger partial charge in [0, 0.05) is 6.08 Å². The van der Waals surface area contributed by atoms with Crippen LogP contribution in [0.1, 0.15) is 18.1 Å². The number of hydrogen-bond donors (Lipinski definition) is 2. The third-order valence-electron chi connectivity index (χ3n) is 2.36. The molecule has 0 aliphatic rings. The number of benzene rings is 1. The smallest absolute Gasteiger partial charge is 0.328 e. The van der Waals surface area contributed by atoms with Gasteiger partial charge in [-0.3, -0.25) is 4.79 Å². The monoisotopic (exact) mass is 247 g/mol. The van der Waals surface area contributed by atoms with E-state index in [1.807, 2.05) is 24.3 Å². The fourth-order valence-electron chi connectivity index (χ4n) is 1.46. The highest BCUT2D eigenvalue weighted by Crippen LogP contribution is 2.06. The van der Waals surface area contributed by atoms with Crippen LogP contribution in [0.3, 0.4) is 0 Å². The molecule has 1 aromatic carbocycles. The van der Waals surface area contributed by atoms with Gasteiger partial charge in [0.05, 0.1) is 6.54 Å². The zero-order valence-corrected chi connectivity index (χ0v) is 10.3. The molecule has 4 nitrogen and oxygen atoms in total. The summed E-state index contributed by atoms with van der Waals surface area (Å²) in [6.07, 6.45) is 3.51. The van der Waals surface area contributed by atoms with Crippen LogP contribution in [0.2, 0.25) is 0 Å². The first kappa shape index (κ1) is 14.1. The number of carbonyl (C=O) groups is 2. The van der Waals surface area contributed by atoms with Crippen molar-refractivity contribution in [3.8, 4) is 0 Å². The molecule has 0 saturated heterocycles. The minimum absolute atomic E-state index is 0.129. The maximum Gasteiger partial charge on any atom is 0.328 e. The SMILES string of the molecule is CC(=O)CNCCc1ccc(C=CC(=O)O)cc1. The molecule has 0 aliphatic carbocycles. The Hall–Kier alpha value is -1.94. The molecule has 0 bridgehead atoms. The lowest BCUT2D eigenvalue weighted by atomic mass is 10.1. The zero-order chi connectivity index (χ0) is 13.4. The molecule has 0 heterocycles. The predicted octanol–water partition coefficient (Wildman–Crippen LogP) is 1.51. The van der Waals surface area contributed by atoms with Crippen molar-refractivity contribution in [3.05, 3.63) is 41.5 Å². The summed E-state index contributed by atoms with van der Waals surface area (Å²) in [5.74, 6) is -0.823. The Morgan fingerprint density at radius 3 is 2.50 bits per heavy atom. The molecule has 96 valence electrons. The van der Waals surface area contributed by atoms with Crippen LogP contribution in [0, 0.1) is 0 Å². The Bertz CT molecular complexity index is 435. The van der Waals surface area contributed by atoms with Gasteiger partial charge in [-0.1, -0.05) is 24.3 Å². The molecule has 0 atom stereocenters. The first-order valence-electron chi connectivity index (χ1n) is 5.78. The largest absolute Gasteiger partial charge is 0.478 e. The number of ketones is 1. The van der Waals surface area contributed by atoms with E-state index in [0.717, 1.165) is 30.2 Å². The van der Waals surface area contributed by atoms with Crippen LogP contribution in [0.5, 0.6) is 0 Å². The van der Waals surface area contributed by atoms with Crippen molar-refractivity contribution in [3.63, 3.8) is 0 Å². The quantitative estimate of drug-likeness (QED) is 0.566. The average molecular weight is 247 g/mol. The second kappa shape index (κ2) is 7.40. The lowest BCUT2D eigenvalue weighted by Gasteiger charge is -2.03. The molecule has 0 spiro atoms. The maximum atomic E-state index is 10.7. The number of aliphatic carboxylic acids is 1. The number of nitrogens with one attached hydrogen (secondary N) is 1. The van der Waals surface area contributed by atoms with Crippen LogP contribution in [0.4, 0.5) is 0 Å². The van der Waals surface area contributed by atoms with Crippen LogP contribution in [-0.4, -0.2) is 29.9 Å². The second-order valence-corrected chi connectivity index (χ2v) is 4.04. The van der Waals surface area contributed by atoms with E-state index in [4.69, 9.17) is 5.11 Å². The highest BCUT2D eigenvalue weighted by Gasteiger charge is 1.95. The molecule has 0 unspecified atom stereocenters. The Balaban J connectivity index is 2.40. The lowest BCUT2D eigenvalue weighted by molar-refractivity contribution is -0.131. The number of carboxylic acid groups (broad SMARTS) is 1. The molecule has 4 heteroatoms. The normalized spacial score (nSPS) is 10.7. The van der Waals surface area contributed by atoms with E-state index < -0.39 is 5.97 Å². The topological polar surface area (TPSA) is 66.4 Å². The van der Waals surface area contributed by atoms with Crippen LogP contribution in [-0.2, 0) is 16.0 Å². The van der Waals surface area contributed by atoms with Gasteiger partial charge in [0.25, 0.3) is 0 Å². The van der Waals surface area contributed by atoms with Crippen molar-refractivity contribution < 1.29 is 14.7 Å². The fraction of sp³-hybridized carbons (Fsp3) is 0.286. The van der Waals surface area contributed by atoms with Gasteiger partial charge in [-0.05, 0) is 37.1 Å². The number of hydrogen-bond acceptors (Lipinski definition) is 3. The first-order valence-corrected chi connectivity index (χ1v) is 5.78. The van der Waals surface area contributed by atoms with Crippen molar-refractivity contribution in [1.82, 2.24) is 5.32 Å². The minimum atomic E-state index is -0.951. The van der Waals surface area contributed by atoms with Crippen molar-refractivity contribution in [1.29, 1.82) is 0 Å². The molecule has 0 aliphatic heterocycles. The maximum absolute atomic E-state index is 10.7. The molecule has 0 saturated carbocycles. The lowest BCUT2D eigenvalue weighted by Crippen LogP contribution is -2.23. The highest BCUT2D eigenvalue weighted by atomic mass is 16.4. The van der Waals surface area contributed by atoms with Gasteiger partial charge in [-0.15, -0.1) is 0 Å². The first-order chi connectivity index (χ1) is 8.58. The molecule has 2 N–H and O–H groups in total. The molecular weight excluding hydrogens is 230 g/mol. The number of rotatable bonds is 7. The summed E-state index contributed by atoms with van der Waals surface area (Å²) in [6, 6.07) is 7.66. The van der Waals surface area contributed by atoms with E-state index in [9.17, 15) is 9.59 Å². The van der Waals surface area contributed by atoms with E-state index >= 15 is 0 Å². The fourth-order valence-corrected chi connectivity index (χ4v) is 1.46. The molecule has 18 heavy (non-hydrogen) atoms. The van der Waals surface area contributed by atoms with E-state index in [2.05, 4.69) is 5.32 Å². The summed E-state index contributed by atoms with van der Waals surface area (Å²) in [5, 5.41) is 11.5. The van der Waals surface area contributed by atoms with Crippen molar-refractivity contribution >= 4 is 17.8 Å². The summed E-state index contributed by atoms with van der Waals surface area (Å²) in [4.78, 5) is 21.1. The van der Waals surface area contributed by atoms with Crippen LogP contribution in [0.25, 0.3) is 6.08 Å². The van der Waals surface area contributed by atoms with E-state index in [0.29, 0.717) is 6.54 Å². The molecule has 0 fully saturated rings. The van der Waals surface area contributed by atoms with Gasteiger partial charge in [-0.2, -0.15) is 0 Å². The number of carboxylic acids is 1. The van der Waals surface area contributed by atoms with E-state index in [1.165, 1.54) is 0 Å². The van der Waals surface area contributed by atoms with Gasteiger partial charge in [0.15, 0.2) is 0 Å². The third kappa shape index (κ3) is 5.96. The highest BCUT2D eigenvalue weighted by molar-refractivity contribution is 5.85. The minimum Gasteiger partial charge on any atom is -0.478 e. The van der Waals surface area contributed by atoms with E-state index in [1.54, 1.807) is 13.0 Å². The second-order valence-electron chi connectivity index (χ2n) is 4.04. The molecule has 0 aromatic heterocycles. The van der Waals surface area contributed by atoms with Gasteiger partial charge in [0.2, 0.25) is 0 Å². The predicted molar refractivity (Wildman–Crippen MR) is 70.4 cm³/mol. The standard InChI is InChI=1S/C14H17NO3/c1-11(16)10-15-9-8-13-4-2-12(3-5-13)6-7-14(17)18/h2-7,15H,8-10H2,1H3,(H,17,18). The van der Waals surface area contributed by atoms with E-state index in [-0.39, 0.29) is 5.78 Å². The molecule has 1 rings (SSSR count). The number of carbonyl (C=O) groups excluding carboxylic acids is 1. The molecule has 0 amide bonds.